The predicted molar refractivity (Wildman–Crippen MR) is 137 cm³/mol. The summed E-state index contributed by atoms with van der Waals surface area (Å²) in [6, 6.07) is 8.97. The van der Waals surface area contributed by atoms with Crippen LogP contribution in [0, 0.1) is 11.8 Å². The summed E-state index contributed by atoms with van der Waals surface area (Å²) in [6.45, 7) is 4.79. The molecule has 9 radical (unpaired) electrons. The maximum atomic E-state index is 10.8. The SMILES string of the molecule is CC1[C@H](O[C@@H]2C3CO[C@H](O3)C(N=[N+]=[N-])[C@H]2O)O[C@H]2COC(c3ccccc3)O[C@H]2[C@@H]1C.[B][B]C([B])([B])[B]. The number of rotatable bonds is 5. The largest absolute Gasteiger partial charge is 0.390 e. The van der Waals surface area contributed by atoms with E-state index in [1.54, 1.807) is 0 Å². The van der Waals surface area contributed by atoms with Gasteiger partial charge in [0.15, 0.2) is 18.9 Å². The van der Waals surface area contributed by atoms with Gasteiger partial charge in [-0.25, -0.2) is 0 Å². The fraction of sp³-hybridized carbons (Fsp3) is 0.727. The number of aliphatic hydroxyl groups excluding tert-OH is 1. The molecule has 4 saturated heterocycles. The quantitative estimate of drug-likeness (QED) is 0.272. The molecule has 0 aliphatic carbocycles. The molecule has 2 bridgehead atoms. The Balaban J connectivity index is 0.000000480. The Morgan fingerprint density at radius 1 is 1.05 bits per heavy atom. The van der Waals surface area contributed by atoms with Crippen molar-refractivity contribution in [1.29, 1.82) is 0 Å². The summed E-state index contributed by atoms with van der Waals surface area (Å²) in [7, 11) is 20.6. The van der Waals surface area contributed by atoms with Crippen molar-refractivity contribution >= 4 is 38.4 Å². The van der Waals surface area contributed by atoms with Crippen LogP contribution in [0.4, 0.5) is 0 Å². The lowest BCUT2D eigenvalue weighted by atomic mass is 9.18. The highest BCUT2D eigenvalue weighted by atomic mass is 16.8. The van der Waals surface area contributed by atoms with Gasteiger partial charge in [-0.2, -0.15) is 5.01 Å². The monoisotopic (exact) mass is 500 g/mol. The van der Waals surface area contributed by atoms with Crippen molar-refractivity contribution < 1.29 is 33.5 Å². The van der Waals surface area contributed by atoms with Gasteiger partial charge in [0.05, 0.1) is 25.4 Å². The van der Waals surface area contributed by atoms with E-state index in [2.05, 4.69) is 16.9 Å². The van der Waals surface area contributed by atoms with Crippen molar-refractivity contribution in [1.82, 2.24) is 0 Å². The molecule has 11 atom stereocenters. The van der Waals surface area contributed by atoms with Gasteiger partial charge in [-0.05, 0) is 11.4 Å². The van der Waals surface area contributed by atoms with Crippen LogP contribution in [0.15, 0.2) is 35.4 Å². The Morgan fingerprint density at radius 3 is 2.38 bits per heavy atom. The smallest absolute Gasteiger partial charge is 0.184 e. The van der Waals surface area contributed by atoms with Gasteiger partial charge in [0, 0.05) is 54.8 Å². The number of nitrogens with zero attached hydrogens (tertiary/aromatic N) is 3. The Labute approximate surface area is 222 Å². The van der Waals surface area contributed by atoms with E-state index in [4.69, 9.17) is 65.2 Å². The highest BCUT2D eigenvalue weighted by Crippen LogP contribution is 2.41. The third-order valence-corrected chi connectivity index (χ3v) is 7.05. The predicted octanol–water partition coefficient (Wildman–Crippen LogP) is 0.589. The number of ether oxygens (including phenoxy) is 6. The van der Waals surface area contributed by atoms with Crippen molar-refractivity contribution in [2.75, 3.05) is 13.2 Å². The lowest BCUT2D eigenvalue weighted by molar-refractivity contribution is -0.357. The van der Waals surface area contributed by atoms with Crippen LogP contribution in [0.3, 0.4) is 0 Å². The van der Waals surface area contributed by atoms with Crippen LogP contribution in [0.2, 0.25) is 5.01 Å². The molecule has 0 saturated carbocycles. The van der Waals surface area contributed by atoms with Crippen molar-refractivity contribution in [3.8, 4) is 0 Å². The van der Waals surface area contributed by atoms with E-state index in [1.165, 1.54) is 0 Å². The van der Waals surface area contributed by atoms with E-state index in [9.17, 15) is 5.11 Å². The minimum atomic E-state index is -1.31. The summed E-state index contributed by atoms with van der Waals surface area (Å²) in [6.07, 6.45) is -4.43. The maximum Gasteiger partial charge on any atom is 0.184 e. The minimum absolute atomic E-state index is 0.0130. The van der Waals surface area contributed by atoms with Crippen LogP contribution in [0.1, 0.15) is 25.7 Å². The Bertz CT molecular complexity index is 939. The number of fused-ring (bicyclic) bond motifs is 3. The van der Waals surface area contributed by atoms with Crippen LogP contribution >= 0.6 is 0 Å². The molecule has 187 valence electrons. The molecule has 5 rings (SSSR count). The van der Waals surface area contributed by atoms with E-state index in [0.29, 0.717) is 6.61 Å². The fourth-order valence-electron chi connectivity index (χ4n) is 4.78. The van der Waals surface area contributed by atoms with Crippen molar-refractivity contribution in [3.63, 3.8) is 0 Å². The van der Waals surface area contributed by atoms with Crippen molar-refractivity contribution in [2.24, 2.45) is 17.0 Å². The Hall–Kier alpha value is -1.43. The molecule has 4 aliphatic rings. The Kier molecular flexibility index (Phi) is 9.41. The molecule has 4 aliphatic heterocycles. The first-order valence-corrected chi connectivity index (χ1v) is 12.2. The molecule has 1 aromatic carbocycles. The lowest BCUT2D eigenvalue weighted by Gasteiger charge is -2.49. The van der Waals surface area contributed by atoms with Gasteiger partial charge in [0.2, 0.25) is 0 Å². The van der Waals surface area contributed by atoms with Crippen LogP contribution in [-0.2, 0) is 28.4 Å². The normalized spacial score (nSPS) is 40.9. The molecular weight excluding hydrogens is 472 g/mol. The zero-order valence-electron chi connectivity index (χ0n) is 20.8. The molecule has 15 heteroatoms. The average Bonchev–Trinajstić information content (AvgIpc) is 3.33. The van der Waals surface area contributed by atoms with E-state index < -0.39 is 48.2 Å². The summed E-state index contributed by atoms with van der Waals surface area (Å²) >= 11 is 0. The first-order chi connectivity index (χ1) is 17.6. The number of hydrogen-bond donors (Lipinski definition) is 1. The second kappa shape index (κ2) is 12.2. The number of hydrogen-bond acceptors (Lipinski definition) is 8. The summed E-state index contributed by atoms with van der Waals surface area (Å²) in [5.74, 6) is 0.113. The van der Waals surface area contributed by atoms with Crippen LogP contribution in [0.5, 0.6) is 0 Å². The van der Waals surface area contributed by atoms with Crippen LogP contribution < -0.4 is 0 Å². The van der Waals surface area contributed by atoms with Gasteiger partial charge in [0.1, 0.15) is 24.4 Å². The topological polar surface area (TPSA) is 124 Å². The third-order valence-electron chi connectivity index (χ3n) is 7.05. The molecule has 1 aromatic rings. The third kappa shape index (κ3) is 6.60. The van der Waals surface area contributed by atoms with Gasteiger partial charge in [-0.1, -0.05) is 49.3 Å². The highest BCUT2D eigenvalue weighted by Gasteiger charge is 2.53. The van der Waals surface area contributed by atoms with Gasteiger partial charge < -0.3 is 33.5 Å². The molecule has 1 N–H and O–H groups in total. The Morgan fingerprint density at radius 2 is 1.73 bits per heavy atom. The van der Waals surface area contributed by atoms with E-state index in [1.807, 2.05) is 37.3 Å². The number of aliphatic hydroxyl groups is 1. The highest BCUT2D eigenvalue weighted by molar-refractivity contribution is 7.04. The lowest BCUT2D eigenvalue weighted by Crippen LogP contribution is -2.60. The molecule has 4 fully saturated rings. The van der Waals surface area contributed by atoms with Crippen molar-refractivity contribution in [3.05, 3.63) is 46.3 Å². The molecule has 0 spiro atoms. The number of azide groups is 1. The van der Waals surface area contributed by atoms with E-state index in [0.717, 1.165) is 12.7 Å². The fourth-order valence-corrected chi connectivity index (χ4v) is 4.78. The molecule has 4 heterocycles. The van der Waals surface area contributed by atoms with Gasteiger partial charge >= 0.3 is 0 Å². The number of benzene rings is 1. The molecular formula is C22H27B5N3O7. The zero-order valence-corrected chi connectivity index (χ0v) is 20.8. The molecule has 37 heavy (non-hydrogen) atoms. The summed E-state index contributed by atoms with van der Waals surface area (Å²) < 4.78 is 35.9. The zero-order chi connectivity index (χ0) is 26.7. The second-order valence-electron chi connectivity index (χ2n) is 9.77. The molecule has 10 nitrogen and oxygen atoms in total. The first-order valence-electron chi connectivity index (χ1n) is 12.2. The van der Waals surface area contributed by atoms with Crippen molar-refractivity contribution in [2.45, 2.75) is 74.3 Å². The summed E-state index contributed by atoms with van der Waals surface area (Å²) in [4.78, 5) is 2.81. The van der Waals surface area contributed by atoms with E-state index >= 15 is 0 Å². The summed E-state index contributed by atoms with van der Waals surface area (Å²) in [5, 5.41) is 13.1. The second-order valence-corrected chi connectivity index (χ2v) is 9.77. The molecule has 4 unspecified atom stereocenters. The standard InChI is InChI=1S/C21H27N3O7.CB5/c1-10-11(2)19(31-18-14-9-27-21(29-14)15(16(18)25)23-24-22)28-13-8-26-20(30-17(10)13)12-6-4-3-5-7-12;2-1(3,4)6-5/h3-7,10-11,13-21,25H,8-9H2,1-2H3;/t10-,11?,13+,14?,15?,16-,17+,18-,19+,20?,21-;/m1./s1. The maximum absolute atomic E-state index is 10.8. The van der Waals surface area contributed by atoms with Gasteiger partial charge in [-0.3, -0.25) is 0 Å². The summed E-state index contributed by atoms with van der Waals surface area (Å²) in [5.41, 5.74) is 9.80. The molecule has 0 amide bonds. The first kappa shape index (κ1) is 28.6. The average molecular weight is 500 g/mol. The van der Waals surface area contributed by atoms with Crippen LogP contribution in [0.25, 0.3) is 10.4 Å². The molecule has 0 aromatic heterocycles. The van der Waals surface area contributed by atoms with E-state index in [-0.39, 0.29) is 30.7 Å². The van der Waals surface area contributed by atoms with Gasteiger partial charge in [-0.15, -0.1) is 0 Å². The van der Waals surface area contributed by atoms with Gasteiger partial charge in [0.25, 0.3) is 0 Å². The van der Waals surface area contributed by atoms with Crippen LogP contribution in [-0.4, -0.2) is 106 Å². The minimum Gasteiger partial charge on any atom is -0.390 e.